The molecule has 4 aliphatic carbocycles. The first-order chi connectivity index (χ1) is 63.6. The third-order valence-corrected chi connectivity index (χ3v) is 24.7. The van der Waals surface area contributed by atoms with Crippen molar-refractivity contribution in [3.63, 3.8) is 0 Å². The number of carbonyl (C=O) groups is 2. The molecular formula is C85H75B3ClF14N20O11PdS2-. The molecule has 0 unspecified atom stereocenters. The van der Waals surface area contributed by atoms with Gasteiger partial charge >= 0.3 is 21.4 Å². The van der Waals surface area contributed by atoms with Gasteiger partial charge in [0.1, 0.15) is 93.8 Å². The van der Waals surface area contributed by atoms with Gasteiger partial charge in [0.25, 0.3) is 35.8 Å². The number of halogens is 15. The quantitative estimate of drug-likeness (QED) is 0.0278. The number of amides is 2. The summed E-state index contributed by atoms with van der Waals surface area (Å²) in [5.41, 5.74) is -5.15. The summed E-state index contributed by atoms with van der Waals surface area (Å²) in [6, 6.07) is 15.8. The Morgan fingerprint density at radius 1 is 0.533 bits per heavy atom. The average Bonchev–Trinajstić information content (AvgIpc) is 1.52. The van der Waals surface area contributed by atoms with Crippen LogP contribution in [0.3, 0.4) is 0 Å². The van der Waals surface area contributed by atoms with Crippen LogP contribution < -0.4 is 31.2 Å². The van der Waals surface area contributed by atoms with Crippen molar-refractivity contribution in [3.05, 3.63) is 251 Å². The smallest absolute Gasteiger partial charge is 0.426 e. The van der Waals surface area contributed by atoms with E-state index in [0.717, 1.165) is 58.3 Å². The molecule has 31 nitrogen and oxygen atoms in total. The van der Waals surface area contributed by atoms with Crippen LogP contribution in [-0.4, -0.2) is 141 Å². The summed E-state index contributed by atoms with van der Waals surface area (Å²) in [5, 5.41) is 21.5. The molecule has 1 aliphatic heterocycles. The minimum absolute atomic E-state index is 0. The van der Waals surface area contributed by atoms with Crippen molar-refractivity contribution >= 4 is 120 Å². The Morgan fingerprint density at radius 2 is 0.905 bits per heavy atom. The molecule has 718 valence electrons. The first-order valence-corrected chi connectivity index (χ1v) is 45.4. The SMILES string of the molecule is CB1OB(C)OB(C)O1.Cc1ncc(F)c(-c2ccc3c(=O)n(-c4ccc(C)c5c(NS(C)(=O)=O)nn(C)c45)c([C@H](Cc4cc(F)cc(F)c4)NC(=O)Cn4nc(C(F)F)c5c4C(F)(F)[C@@H]4C[C@H]54)nc3c2)n1.Cc1ncc(F)c(-c2ccc3c(=O)n(-c4ccc(Cl)c5c(NS(C)(=O)=O)nn(C)c45)c([C@H](Cc4cc(F)cc(F)c4)NC(=O)Cn4nc(C(F)F)c5c4C(F)(F)[C@@H]4C[C@H]54)nc3c2)n1.[CH3-].[Pd]. The zero-order valence-electron chi connectivity index (χ0n) is 73.4. The Bertz CT molecular complexity index is 7180. The predicted molar refractivity (Wildman–Crippen MR) is 472 cm³/mol. The van der Waals surface area contributed by atoms with Gasteiger partial charge in [0.15, 0.2) is 23.3 Å². The molecule has 0 bridgehead atoms. The van der Waals surface area contributed by atoms with Crippen LogP contribution in [0.4, 0.5) is 73.1 Å². The monoisotopic (exact) mass is 2060 g/mol. The van der Waals surface area contributed by atoms with E-state index < -0.39 is 187 Å². The fourth-order valence-corrected chi connectivity index (χ4v) is 19.1. The van der Waals surface area contributed by atoms with Gasteiger partial charge in [-0.3, -0.25) is 56.5 Å². The Balaban J connectivity index is 0.000000188. The maximum Gasteiger partial charge on any atom is 0.426 e. The van der Waals surface area contributed by atoms with Crippen LogP contribution in [0.15, 0.2) is 119 Å². The van der Waals surface area contributed by atoms with Crippen molar-refractivity contribution < 1.29 is 122 Å². The first-order valence-electron chi connectivity index (χ1n) is 41.3. The molecule has 137 heavy (non-hydrogen) atoms. The van der Waals surface area contributed by atoms with E-state index in [9.17, 15) is 66.3 Å². The summed E-state index contributed by atoms with van der Waals surface area (Å²) in [6.07, 6.45) is -3.81. The number of rotatable bonds is 22. The molecular weight excluding hydrogens is 1980 g/mol. The van der Waals surface area contributed by atoms with Crippen molar-refractivity contribution in [2.24, 2.45) is 25.9 Å². The number of hydrogen-bond donors (Lipinski definition) is 4. The summed E-state index contributed by atoms with van der Waals surface area (Å²) >= 11 is 6.61. The molecule has 2 saturated carbocycles. The molecule has 3 fully saturated rings. The van der Waals surface area contributed by atoms with Gasteiger partial charge in [-0.15, -0.1) is 0 Å². The summed E-state index contributed by atoms with van der Waals surface area (Å²) in [7, 11) is -5.33. The Labute approximate surface area is 788 Å². The van der Waals surface area contributed by atoms with E-state index in [2.05, 4.69) is 60.4 Å². The van der Waals surface area contributed by atoms with E-state index >= 15 is 31.1 Å². The summed E-state index contributed by atoms with van der Waals surface area (Å²) < 4.78 is 283. The van der Waals surface area contributed by atoms with Crippen LogP contribution in [0.2, 0.25) is 25.5 Å². The number of aryl methyl sites for hydroxylation is 5. The molecule has 2 amide bonds. The fraction of sp³-hybridized carbons (Fsp3) is 0.306. The first kappa shape index (κ1) is 99.1. The van der Waals surface area contributed by atoms with E-state index in [1.54, 1.807) is 13.0 Å². The second-order valence-corrected chi connectivity index (χ2v) is 37.1. The van der Waals surface area contributed by atoms with Crippen LogP contribution in [0.1, 0.15) is 124 Å². The maximum atomic E-state index is 15.5. The standard InChI is InChI=1S/C41H33F7N10O4S.C40H30ClF7N10O4S.C3H9B3O3.CH3.Pd/c1-17-5-8-29(35-31(17)38(54-56(35)3)55-63(4,61)62)58-39(52-27-12-20(6-7-23(27)40(58)60)33-26(44)15-49-18(2)50-33)28(11-19-9-21(42)13-22(43)10-19)51-30(59)16-57-36-32(34(53-57)37(45)46)24-14-25(24)41(36,47)48;1-16-49-14-25(44)32(50-16)18-4-5-21-26(11-18)52-38(58(39(21)60)28-7-6-24(41)31-34(28)56(2)54-37(31)55-63(3,61)62)27(10-17-8-19(42)12-20(43)9-17)51-29(59)15-57-35-30(33(53-57)36(45)46)22-13-23(22)40(35,47)48;1-4-7-5(2)9-6(3)8-4;;/h5-10,12-13,15,24-25,28,37H,11,14,16H2,1-4H3,(H,51,59)(H,54,55);4-9,11-12,14,22-23,27,36H,10,13,15H2,1-3H3,(H,51,59)(H,54,55);1-3H3;1H3;/q;;;-1;/t24-,25+,28-;22-,23+,27-;;;/m00.../s1. The van der Waals surface area contributed by atoms with Crippen molar-refractivity contribution in [1.82, 2.24) is 88.8 Å². The summed E-state index contributed by atoms with van der Waals surface area (Å²) in [4.78, 5) is 84.0. The molecule has 52 heteroatoms. The fourth-order valence-electron chi connectivity index (χ4n) is 17.9. The van der Waals surface area contributed by atoms with E-state index in [4.69, 9.17) is 35.3 Å². The number of alkyl halides is 8. The number of aromatic nitrogens is 16. The zero-order chi connectivity index (χ0) is 96.9. The van der Waals surface area contributed by atoms with Gasteiger partial charge in [0.05, 0.1) is 97.0 Å². The van der Waals surface area contributed by atoms with E-state index in [1.807, 2.05) is 20.5 Å². The minimum atomic E-state index is -3.94. The number of carbonyl (C=O) groups excluding carboxylic acids is 2. The van der Waals surface area contributed by atoms with Gasteiger partial charge in [-0.2, -0.15) is 38.0 Å². The van der Waals surface area contributed by atoms with Crippen LogP contribution >= 0.6 is 11.6 Å². The molecule has 14 aromatic rings. The summed E-state index contributed by atoms with van der Waals surface area (Å²) in [6.45, 7) is 8.26. The largest absolute Gasteiger partial charge is 0.453 e. The normalized spacial score (nSPS) is 17.0. The van der Waals surface area contributed by atoms with E-state index in [1.165, 1.54) is 91.9 Å². The van der Waals surface area contributed by atoms with Gasteiger partial charge in [-0.05, 0) is 149 Å². The van der Waals surface area contributed by atoms with Gasteiger partial charge in [0.2, 0.25) is 31.9 Å². The van der Waals surface area contributed by atoms with Gasteiger partial charge in [0, 0.05) is 93.6 Å². The van der Waals surface area contributed by atoms with Gasteiger partial charge in [-0.1, -0.05) is 29.8 Å². The van der Waals surface area contributed by atoms with E-state index in [-0.39, 0.29) is 202 Å². The Morgan fingerprint density at radius 3 is 1.28 bits per heavy atom. The Kier molecular flexibility index (Phi) is 26.9. The molecule has 1 saturated heterocycles. The topological polar surface area (TPSA) is 371 Å². The molecule has 8 aromatic heterocycles. The van der Waals surface area contributed by atoms with Crippen molar-refractivity contribution in [2.45, 2.75) is 129 Å². The molecule has 4 N–H and O–H groups in total. The number of fused-ring (bicyclic) bond motifs is 10. The molecule has 6 atom stereocenters. The third kappa shape index (κ3) is 19.3. The van der Waals surface area contributed by atoms with Crippen LogP contribution in [0, 0.1) is 74.9 Å². The second-order valence-electron chi connectivity index (χ2n) is 33.2. The average molecular weight is 2060 g/mol. The van der Waals surface area contributed by atoms with Crippen molar-refractivity contribution in [3.8, 4) is 33.9 Å². The third-order valence-electron chi connectivity index (χ3n) is 23.3. The molecule has 0 radical (unpaired) electrons. The number of sulfonamides is 2. The molecule has 19 rings (SSSR count). The Hall–Kier alpha value is -12.4. The van der Waals surface area contributed by atoms with E-state index in [0.29, 0.717) is 27.1 Å². The van der Waals surface area contributed by atoms with Gasteiger partial charge in [-0.25, -0.2) is 90.6 Å². The molecule has 6 aromatic carbocycles. The molecule has 9 heterocycles. The van der Waals surface area contributed by atoms with Crippen LogP contribution in [-0.2, 0) is 116 Å². The van der Waals surface area contributed by atoms with Crippen molar-refractivity contribution in [2.75, 3.05) is 22.0 Å². The van der Waals surface area contributed by atoms with Gasteiger partial charge < -0.3 is 31.8 Å². The molecule has 5 aliphatic rings. The number of nitrogens with zero attached hydrogens (tertiary/aromatic N) is 16. The number of anilines is 2. The number of hydrogen-bond acceptors (Lipinski definition) is 21. The number of nitrogens with one attached hydrogen (secondary N) is 4. The summed E-state index contributed by atoms with van der Waals surface area (Å²) in [5.74, 6) is -19.7. The molecule has 0 spiro atoms. The van der Waals surface area contributed by atoms with Crippen LogP contribution in [0.25, 0.3) is 77.5 Å². The number of benzene rings is 6. The maximum absolute atomic E-state index is 15.5. The zero-order valence-corrected chi connectivity index (χ0v) is 77.4. The predicted octanol–water partition coefficient (Wildman–Crippen LogP) is 14.4. The second kappa shape index (κ2) is 37.2. The minimum Gasteiger partial charge on any atom is -0.453 e. The van der Waals surface area contributed by atoms with Crippen molar-refractivity contribution in [1.29, 1.82) is 0 Å². The van der Waals surface area contributed by atoms with Crippen LogP contribution in [0.5, 0.6) is 0 Å².